The van der Waals surface area contributed by atoms with Crippen molar-refractivity contribution in [2.24, 2.45) is 0 Å². The Balaban J connectivity index is 2.84. The first-order valence-electron chi connectivity index (χ1n) is 4.00. The molecule has 0 saturated carbocycles. The third kappa shape index (κ3) is 1.46. The SMILES string of the molecule is O=Cc1c(C(=O)O)nn2cc(Cl)ccc12. The van der Waals surface area contributed by atoms with E-state index in [1.807, 2.05) is 0 Å². The second kappa shape index (κ2) is 3.36. The maximum Gasteiger partial charge on any atom is 0.357 e. The van der Waals surface area contributed by atoms with Crippen LogP contribution >= 0.6 is 11.6 Å². The first-order chi connectivity index (χ1) is 7.13. The average Bonchev–Trinajstić information content (AvgIpc) is 2.55. The van der Waals surface area contributed by atoms with Gasteiger partial charge >= 0.3 is 5.97 Å². The van der Waals surface area contributed by atoms with Gasteiger partial charge in [0.05, 0.1) is 16.1 Å². The number of carboxylic acid groups (broad SMARTS) is 1. The number of fused-ring (bicyclic) bond motifs is 1. The van der Waals surface area contributed by atoms with Crippen LogP contribution in [-0.4, -0.2) is 27.0 Å². The molecule has 0 bridgehead atoms. The normalized spacial score (nSPS) is 10.5. The fourth-order valence-electron chi connectivity index (χ4n) is 1.32. The zero-order valence-electron chi connectivity index (χ0n) is 7.35. The fourth-order valence-corrected chi connectivity index (χ4v) is 1.47. The van der Waals surface area contributed by atoms with Gasteiger partial charge in [-0.15, -0.1) is 0 Å². The topological polar surface area (TPSA) is 71.7 Å². The van der Waals surface area contributed by atoms with Crippen molar-refractivity contribution in [3.63, 3.8) is 0 Å². The molecule has 2 aromatic heterocycles. The number of hydrogen-bond acceptors (Lipinski definition) is 3. The van der Waals surface area contributed by atoms with Crippen molar-refractivity contribution in [2.75, 3.05) is 0 Å². The van der Waals surface area contributed by atoms with Crippen LogP contribution in [0.3, 0.4) is 0 Å². The van der Waals surface area contributed by atoms with Crippen LogP contribution in [0.25, 0.3) is 5.52 Å². The highest BCUT2D eigenvalue weighted by atomic mass is 35.5. The van der Waals surface area contributed by atoms with Gasteiger partial charge in [0.15, 0.2) is 12.0 Å². The lowest BCUT2D eigenvalue weighted by molar-refractivity contribution is 0.0687. The van der Waals surface area contributed by atoms with Crippen LogP contribution in [0.5, 0.6) is 0 Å². The maximum absolute atomic E-state index is 10.8. The molecule has 0 unspecified atom stereocenters. The molecular formula is C9H5ClN2O3. The van der Waals surface area contributed by atoms with E-state index in [9.17, 15) is 9.59 Å². The van der Waals surface area contributed by atoms with Crippen molar-refractivity contribution in [2.45, 2.75) is 0 Å². The molecule has 2 aromatic rings. The third-order valence-electron chi connectivity index (χ3n) is 1.95. The number of aromatic carboxylic acids is 1. The molecule has 5 nitrogen and oxygen atoms in total. The summed E-state index contributed by atoms with van der Waals surface area (Å²) >= 11 is 5.71. The van der Waals surface area contributed by atoms with Crippen LogP contribution < -0.4 is 0 Å². The Morgan fingerprint density at radius 3 is 2.87 bits per heavy atom. The molecule has 0 fully saturated rings. The molecule has 0 aliphatic heterocycles. The second-order valence-electron chi connectivity index (χ2n) is 2.86. The summed E-state index contributed by atoms with van der Waals surface area (Å²) in [5.41, 5.74) is 0.207. The molecule has 0 aliphatic rings. The summed E-state index contributed by atoms with van der Waals surface area (Å²) in [4.78, 5) is 21.5. The van der Waals surface area contributed by atoms with Crippen molar-refractivity contribution >= 4 is 29.4 Å². The summed E-state index contributed by atoms with van der Waals surface area (Å²) in [6.07, 6.45) is 1.91. The molecule has 6 heteroatoms. The first-order valence-corrected chi connectivity index (χ1v) is 4.37. The van der Waals surface area contributed by atoms with Crippen LogP contribution in [0.15, 0.2) is 18.3 Å². The smallest absolute Gasteiger partial charge is 0.357 e. The zero-order valence-corrected chi connectivity index (χ0v) is 8.10. The predicted octanol–water partition coefficient (Wildman–Crippen LogP) is 1.50. The number of carbonyl (C=O) groups is 2. The van der Waals surface area contributed by atoms with Crippen molar-refractivity contribution in [3.8, 4) is 0 Å². The molecule has 2 heterocycles. The van der Waals surface area contributed by atoms with Gasteiger partial charge in [-0.3, -0.25) is 4.79 Å². The summed E-state index contributed by atoms with van der Waals surface area (Å²) < 4.78 is 1.27. The van der Waals surface area contributed by atoms with Gasteiger partial charge < -0.3 is 5.11 Å². The van der Waals surface area contributed by atoms with Gasteiger partial charge in [0.1, 0.15) is 0 Å². The van der Waals surface area contributed by atoms with Gasteiger partial charge in [-0.05, 0) is 12.1 Å². The molecule has 76 valence electrons. The Bertz CT molecular complexity index is 562. The Hall–Kier alpha value is -1.88. The number of hydrogen-bond donors (Lipinski definition) is 1. The van der Waals surface area contributed by atoms with Gasteiger partial charge in [0.2, 0.25) is 0 Å². The highest BCUT2D eigenvalue weighted by molar-refractivity contribution is 6.30. The lowest BCUT2D eigenvalue weighted by atomic mass is 10.2. The minimum atomic E-state index is -1.24. The molecule has 2 rings (SSSR count). The zero-order chi connectivity index (χ0) is 11.0. The van der Waals surface area contributed by atoms with Crippen LogP contribution in [0.4, 0.5) is 0 Å². The number of carbonyl (C=O) groups excluding carboxylic acids is 1. The Morgan fingerprint density at radius 1 is 1.53 bits per heavy atom. The molecule has 0 spiro atoms. The fraction of sp³-hybridized carbons (Fsp3) is 0. The van der Waals surface area contributed by atoms with Crippen molar-refractivity contribution in [3.05, 3.63) is 34.6 Å². The number of halogens is 1. The maximum atomic E-state index is 10.8. The Kier molecular flexibility index (Phi) is 2.17. The van der Waals surface area contributed by atoms with Crippen molar-refractivity contribution in [1.82, 2.24) is 9.61 Å². The van der Waals surface area contributed by atoms with E-state index in [1.54, 1.807) is 12.1 Å². The van der Waals surface area contributed by atoms with Crippen molar-refractivity contribution < 1.29 is 14.7 Å². The number of carboxylic acids is 1. The van der Waals surface area contributed by atoms with Gasteiger partial charge in [-0.2, -0.15) is 5.10 Å². The van der Waals surface area contributed by atoms with E-state index >= 15 is 0 Å². The molecule has 1 N–H and O–H groups in total. The lowest BCUT2D eigenvalue weighted by Gasteiger charge is -1.92. The summed E-state index contributed by atoms with van der Waals surface area (Å²) in [6, 6.07) is 3.11. The van der Waals surface area contributed by atoms with E-state index in [1.165, 1.54) is 10.7 Å². The highest BCUT2D eigenvalue weighted by Gasteiger charge is 2.17. The van der Waals surface area contributed by atoms with Crippen LogP contribution in [0.2, 0.25) is 5.02 Å². The van der Waals surface area contributed by atoms with Gasteiger partial charge in [-0.1, -0.05) is 11.6 Å². The standard InChI is InChI=1S/C9H5ClN2O3/c10-5-1-2-7-6(4-13)8(9(14)15)11-12(7)3-5/h1-4H,(H,14,15). The van der Waals surface area contributed by atoms with Gasteiger partial charge in [-0.25, -0.2) is 9.31 Å². The molecule has 0 atom stereocenters. The van der Waals surface area contributed by atoms with E-state index in [0.29, 0.717) is 16.8 Å². The first kappa shape index (κ1) is 9.67. The van der Waals surface area contributed by atoms with Crippen LogP contribution in [-0.2, 0) is 0 Å². The van der Waals surface area contributed by atoms with Gasteiger partial charge in [0.25, 0.3) is 0 Å². The van der Waals surface area contributed by atoms with Crippen LogP contribution in [0.1, 0.15) is 20.8 Å². The summed E-state index contributed by atoms with van der Waals surface area (Å²) in [5, 5.41) is 13.0. The average molecular weight is 225 g/mol. The second-order valence-corrected chi connectivity index (χ2v) is 3.30. The lowest BCUT2D eigenvalue weighted by Crippen LogP contribution is -2.00. The number of aromatic nitrogens is 2. The Morgan fingerprint density at radius 2 is 2.27 bits per heavy atom. The Labute approximate surface area is 88.9 Å². The quantitative estimate of drug-likeness (QED) is 0.785. The number of aldehydes is 1. The molecular weight excluding hydrogens is 220 g/mol. The minimum absolute atomic E-state index is 0.0548. The molecule has 0 amide bonds. The minimum Gasteiger partial charge on any atom is -0.476 e. The van der Waals surface area contributed by atoms with Crippen LogP contribution in [0, 0.1) is 0 Å². The summed E-state index contributed by atoms with van der Waals surface area (Å²) in [7, 11) is 0. The largest absolute Gasteiger partial charge is 0.476 e. The van der Waals surface area contributed by atoms with E-state index < -0.39 is 5.97 Å². The van der Waals surface area contributed by atoms with E-state index in [-0.39, 0.29) is 11.3 Å². The molecule has 0 saturated heterocycles. The summed E-state index contributed by atoms with van der Waals surface area (Å²) in [5.74, 6) is -1.24. The molecule has 0 aliphatic carbocycles. The predicted molar refractivity (Wildman–Crippen MR) is 52.5 cm³/mol. The molecule has 0 aromatic carbocycles. The molecule has 0 radical (unpaired) electrons. The monoisotopic (exact) mass is 224 g/mol. The molecule has 15 heavy (non-hydrogen) atoms. The van der Waals surface area contributed by atoms with E-state index in [4.69, 9.17) is 16.7 Å². The number of nitrogens with zero attached hydrogens (tertiary/aromatic N) is 2. The van der Waals surface area contributed by atoms with E-state index in [0.717, 1.165) is 0 Å². The van der Waals surface area contributed by atoms with E-state index in [2.05, 4.69) is 5.10 Å². The van der Waals surface area contributed by atoms with Crippen molar-refractivity contribution in [1.29, 1.82) is 0 Å². The number of pyridine rings is 1. The van der Waals surface area contributed by atoms with Gasteiger partial charge in [0, 0.05) is 6.20 Å². The summed E-state index contributed by atoms with van der Waals surface area (Å²) in [6.45, 7) is 0. The highest BCUT2D eigenvalue weighted by Crippen LogP contribution is 2.17. The third-order valence-corrected chi connectivity index (χ3v) is 2.18. The number of rotatable bonds is 2.